The Morgan fingerprint density at radius 3 is 1.73 bits per heavy atom. The SMILES string of the molecule is CCOC(=O)C(NC(C)C)C(=O)OCC. The van der Waals surface area contributed by atoms with Gasteiger partial charge in [-0.1, -0.05) is 0 Å². The van der Waals surface area contributed by atoms with Crippen molar-refractivity contribution in [3.8, 4) is 0 Å². The number of carbonyl (C=O) groups excluding carboxylic acids is 2. The molecule has 1 N–H and O–H groups in total. The Morgan fingerprint density at radius 2 is 1.47 bits per heavy atom. The van der Waals surface area contributed by atoms with Crippen LogP contribution in [0.15, 0.2) is 0 Å². The number of rotatable bonds is 6. The van der Waals surface area contributed by atoms with Gasteiger partial charge < -0.3 is 9.47 Å². The fourth-order valence-corrected chi connectivity index (χ4v) is 1.02. The Labute approximate surface area is 90.1 Å². The average Bonchev–Trinajstić information content (AvgIpc) is 2.14. The van der Waals surface area contributed by atoms with Gasteiger partial charge in [0.15, 0.2) is 0 Å². The van der Waals surface area contributed by atoms with E-state index in [2.05, 4.69) is 5.32 Å². The molecule has 0 aromatic carbocycles. The monoisotopic (exact) mass is 217 g/mol. The molecule has 0 amide bonds. The zero-order chi connectivity index (χ0) is 11.8. The second kappa shape index (κ2) is 7.23. The average molecular weight is 217 g/mol. The molecule has 0 heterocycles. The number of esters is 2. The second-order valence-corrected chi connectivity index (χ2v) is 3.26. The summed E-state index contributed by atoms with van der Waals surface area (Å²) in [6.07, 6.45) is 0. The predicted molar refractivity (Wildman–Crippen MR) is 55.3 cm³/mol. The lowest BCUT2D eigenvalue weighted by Gasteiger charge is -2.17. The van der Waals surface area contributed by atoms with Gasteiger partial charge >= 0.3 is 11.9 Å². The minimum absolute atomic E-state index is 0.00353. The fraction of sp³-hybridized carbons (Fsp3) is 0.800. The first-order valence-electron chi connectivity index (χ1n) is 5.12. The van der Waals surface area contributed by atoms with E-state index < -0.39 is 18.0 Å². The quantitative estimate of drug-likeness (QED) is 0.518. The molecule has 15 heavy (non-hydrogen) atoms. The zero-order valence-corrected chi connectivity index (χ0v) is 9.70. The minimum Gasteiger partial charge on any atom is -0.464 e. The molecule has 0 aliphatic carbocycles. The lowest BCUT2D eigenvalue weighted by molar-refractivity contribution is -0.158. The summed E-state index contributed by atoms with van der Waals surface area (Å²) in [5.41, 5.74) is 0. The molecule has 0 aromatic rings. The highest BCUT2D eigenvalue weighted by Crippen LogP contribution is 1.96. The summed E-state index contributed by atoms with van der Waals surface area (Å²) < 4.78 is 9.54. The number of hydrogen-bond donors (Lipinski definition) is 1. The van der Waals surface area contributed by atoms with E-state index in [1.165, 1.54) is 0 Å². The summed E-state index contributed by atoms with van der Waals surface area (Å²) in [5.74, 6) is -1.19. The van der Waals surface area contributed by atoms with Crippen LogP contribution in [0.3, 0.4) is 0 Å². The molecule has 0 saturated heterocycles. The summed E-state index contributed by atoms with van der Waals surface area (Å²) >= 11 is 0. The van der Waals surface area contributed by atoms with Crippen molar-refractivity contribution in [1.82, 2.24) is 5.32 Å². The molecule has 88 valence electrons. The van der Waals surface area contributed by atoms with Crippen molar-refractivity contribution >= 4 is 11.9 Å². The Bertz CT molecular complexity index is 197. The molecule has 0 rings (SSSR count). The van der Waals surface area contributed by atoms with Gasteiger partial charge in [0.2, 0.25) is 6.04 Å². The zero-order valence-electron chi connectivity index (χ0n) is 9.70. The highest BCUT2D eigenvalue weighted by molar-refractivity contribution is 5.99. The molecule has 5 nitrogen and oxygen atoms in total. The molecule has 0 spiro atoms. The van der Waals surface area contributed by atoms with Crippen molar-refractivity contribution in [2.24, 2.45) is 0 Å². The summed E-state index contributed by atoms with van der Waals surface area (Å²) in [4.78, 5) is 22.8. The first-order valence-corrected chi connectivity index (χ1v) is 5.12. The lowest BCUT2D eigenvalue weighted by Crippen LogP contribution is -2.48. The van der Waals surface area contributed by atoms with Crippen LogP contribution in [-0.2, 0) is 19.1 Å². The van der Waals surface area contributed by atoms with Crippen LogP contribution in [0, 0.1) is 0 Å². The number of nitrogens with one attached hydrogen (secondary N) is 1. The van der Waals surface area contributed by atoms with Gasteiger partial charge in [-0.05, 0) is 27.7 Å². The normalized spacial score (nSPS) is 10.5. The summed E-state index contributed by atoms with van der Waals surface area (Å²) in [6.45, 7) is 7.55. The molecule has 0 atom stereocenters. The van der Waals surface area contributed by atoms with Crippen molar-refractivity contribution in [1.29, 1.82) is 0 Å². The van der Waals surface area contributed by atoms with Crippen LogP contribution in [0.25, 0.3) is 0 Å². The molecule has 0 unspecified atom stereocenters. The maximum atomic E-state index is 11.4. The standard InChI is InChI=1S/C10H19NO4/c1-5-14-9(12)8(11-7(3)4)10(13)15-6-2/h7-8,11H,5-6H2,1-4H3. The maximum Gasteiger partial charge on any atom is 0.334 e. The van der Waals surface area contributed by atoms with E-state index in [4.69, 9.17) is 9.47 Å². The van der Waals surface area contributed by atoms with Gasteiger partial charge in [0.1, 0.15) is 0 Å². The molecular formula is C10H19NO4. The fourth-order valence-electron chi connectivity index (χ4n) is 1.02. The third-order valence-corrected chi connectivity index (χ3v) is 1.54. The molecule has 5 heteroatoms. The van der Waals surface area contributed by atoms with Crippen molar-refractivity contribution in [3.05, 3.63) is 0 Å². The van der Waals surface area contributed by atoms with Crippen LogP contribution in [-0.4, -0.2) is 37.2 Å². The van der Waals surface area contributed by atoms with Gasteiger partial charge in [-0.2, -0.15) is 0 Å². The largest absolute Gasteiger partial charge is 0.464 e. The highest BCUT2D eigenvalue weighted by atomic mass is 16.6. The number of hydrogen-bond acceptors (Lipinski definition) is 5. The van der Waals surface area contributed by atoms with E-state index in [0.29, 0.717) is 0 Å². The molecule has 0 aromatic heterocycles. The lowest BCUT2D eigenvalue weighted by atomic mass is 10.2. The Kier molecular flexibility index (Phi) is 6.70. The van der Waals surface area contributed by atoms with E-state index in [9.17, 15) is 9.59 Å². The topological polar surface area (TPSA) is 64.6 Å². The Morgan fingerprint density at radius 1 is 1.07 bits per heavy atom. The van der Waals surface area contributed by atoms with Crippen molar-refractivity contribution in [2.45, 2.75) is 39.8 Å². The van der Waals surface area contributed by atoms with Gasteiger partial charge in [-0.15, -0.1) is 0 Å². The van der Waals surface area contributed by atoms with Crippen LogP contribution in [0.4, 0.5) is 0 Å². The summed E-state index contributed by atoms with van der Waals surface area (Å²) in [6, 6.07) is -1.02. The van der Waals surface area contributed by atoms with E-state index in [-0.39, 0.29) is 19.3 Å². The predicted octanol–water partition coefficient (Wildman–Crippen LogP) is 0.479. The number of ether oxygens (including phenoxy) is 2. The van der Waals surface area contributed by atoms with E-state index in [0.717, 1.165) is 0 Å². The Hall–Kier alpha value is -1.10. The Balaban J connectivity index is 4.42. The first-order chi connectivity index (χ1) is 7.02. The van der Waals surface area contributed by atoms with Crippen LogP contribution in [0.2, 0.25) is 0 Å². The molecule has 0 fully saturated rings. The third-order valence-electron chi connectivity index (χ3n) is 1.54. The van der Waals surface area contributed by atoms with Gasteiger partial charge in [0, 0.05) is 6.04 Å². The maximum absolute atomic E-state index is 11.4. The van der Waals surface area contributed by atoms with Crippen LogP contribution in [0.1, 0.15) is 27.7 Å². The van der Waals surface area contributed by atoms with Gasteiger partial charge in [0.25, 0.3) is 0 Å². The van der Waals surface area contributed by atoms with Crippen molar-refractivity contribution in [3.63, 3.8) is 0 Å². The highest BCUT2D eigenvalue weighted by Gasteiger charge is 2.29. The van der Waals surface area contributed by atoms with Crippen molar-refractivity contribution < 1.29 is 19.1 Å². The molecule has 0 radical (unpaired) electrons. The minimum atomic E-state index is -1.02. The third kappa shape index (κ3) is 5.37. The first kappa shape index (κ1) is 13.9. The van der Waals surface area contributed by atoms with E-state index >= 15 is 0 Å². The summed E-state index contributed by atoms with van der Waals surface area (Å²) in [7, 11) is 0. The molecule has 0 aliphatic rings. The van der Waals surface area contributed by atoms with Crippen LogP contribution in [0.5, 0.6) is 0 Å². The van der Waals surface area contributed by atoms with Gasteiger partial charge in [0.05, 0.1) is 13.2 Å². The van der Waals surface area contributed by atoms with Crippen LogP contribution >= 0.6 is 0 Å². The number of carbonyl (C=O) groups is 2. The smallest absolute Gasteiger partial charge is 0.334 e. The molecular weight excluding hydrogens is 198 g/mol. The molecule has 0 saturated carbocycles. The van der Waals surface area contributed by atoms with E-state index in [1.54, 1.807) is 13.8 Å². The van der Waals surface area contributed by atoms with Crippen LogP contribution < -0.4 is 5.32 Å². The second-order valence-electron chi connectivity index (χ2n) is 3.26. The van der Waals surface area contributed by atoms with E-state index in [1.807, 2.05) is 13.8 Å². The van der Waals surface area contributed by atoms with Gasteiger partial charge in [-0.3, -0.25) is 5.32 Å². The molecule has 0 bridgehead atoms. The summed E-state index contributed by atoms with van der Waals surface area (Å²) in [5, 5.41) is 2.80. The van der Waals surface area contributed by atoms with Crippen molar-refractivity contribution in [2.75, 3.05) is 13.2 Å². The van der Waals surface area contributed by atoms with Gasteiger partial charge in [-0.25, -0.2) is 9.59 Å². The molecule has 0 aliphatic heterocycles.